The van der Waals surface area contributed by atoms with Gasteiger partial charge >= 0.3 is 0 Å². The van der Waals surface area contributed by atoms with Crippen molar-refractivity contribution in [1.82, 2.24) is 5.32 Å². The van der Waals surface area contributed by atoms with Crippen molar-refractivity contribution in [3.8, 4) is 11.5 Å². The molecule has 0 unspecified atom stereocenters. The van der Waals surface area contributed by atoms with Crippen molar-refractivity contribution in [2.45, 2.75) is 44.6 Å². The van der Waals surface area contributed by atoms with Gasteiger partial charge in [-0.1, -0.05) is 32.1 Å². The molecule has 1 aliphatic carbocycles. The molecule has 0 spiro atoms. The van der Waals surface area contributed by atoms with Gasteiger partial charge in [0.25, 0.3) is 0 Å². The Morgan fingerprint density at radius 3 is 2.73 bits per heavy atom. The Bertz CT molecular complexity index is 644. The Labute approximate surface area is 153 Å². The molecule has 7 heteroatoms. The van der Waals surface area contributed by atoms with Crippen molar-refractivity contribution < 1.29 is 19.1 Å². The van der Waals surface area contributed by atoms with Gasteiger partial charge < -0.3 is 25.8 Å². The fourth-order valence-corrected chi connectivity index (χ4v) is 3.38. The largest absolute Gasteiger partial charge is 0.454 e. The smallest absolute Gasteiger partial charge is 0.241 e. The molecule has 1 aliphatic heterocycles. The van der Waals surface area contributed by atoms with E-state index in [1.165, 1.54) is 32.1 Å². The number of nitrogens with two attached hydrogens (primary N) is 1. The molecule has 2 amide bonds. The first kappa shape index (κ1) is 18.4. The summed E-state index contributed by atoms with van der Waals surface area (Å²) < 4.78 is 10.6. The highest BCUT2D eigenvalue weighted by Gasteiger charge is 2.20. The zero-order valence-electron chi connectivity index (χ0n) is 14.8. The van der Waals surface area contributed by atoms with Crippen LogP contribution in [0.1, 0.15) is 38.5 Å². The molecule has 4 N–H and O–H groups in total. The van der Waals surface area contributed by atoms with Crippen LogP contribution in [-0.4, -0.2) is 31.2 Å². The molecule has 1 fully saturated rings. The topological polar surface area (TPSA) is 103 Å². The number of nitrogens with one attached hydrogen (secondary N) is 2. The first-order chi connectivity index (χ1) is 12.6. The van der Waals surface area contributed by atoms with E-state index in [4.69, 9.17) is 15.2 Å². The number of hydrogen-bond donors (Lipinski definition) is 3. The summed E-state index contributed by atoms with van der Waals surface area (Å²) in [5, 5.41) is 5.79. The third kappa shape index (κ3) is 5.03. The minimum absolute atomic E-state index is 0.204. The Morgan fingerprint density at radius 2 is 1.96 bits per heavy atom. The third-order valence-corrected chi connectivity index (χ3v) is 4.90. The molecule has 7 nitrogen and oxygen atoms in total. The third-order valence-electron chi connectivity index (χ3n) is 4.90. The van der Waals surface area contributed by atoms with Gasteiger partial charge in [-0.05, 0) is 24.5 Å². The minimum atomic E-state index is -0.782. The Morgan fingerprint density at radius 1 is 1.19 bits per heavy atom. The summed E-state index contributed by atoms with van der Waals surface area (Å²) >= 11 is 0. The van der Waals surface area contributed by atoms with E-state index in [9.17, 15) is 9.59 Å². The number of carbonyl (C=O) groups excluding carboxylic acids is 2. The van der Waals surface area contributed by atoms with Crippen molar-refractivity contribution in [3.63, 3.8) is 0 Å². The molecule has 141 valence electrons. The van der Waals surface area contributed by atoms with E-state index in [2.05, 4.69) is 10.6 Å². The normalized spacial score (nSPS) is 17.5. The van der Waals surface area contributed by atoms with Gasteiger partial charge in [0.05, 0.1) is 0 Å². The number of hydrogen-bond acceptors (Lipinski definition) is 5. The van der Waals surface area contributed by atoms with Crippen LogP contribution in [-0.2, 0) is 9.59 Å². The Balaban J connectivity index is 1.45. The number of fused-ring (bicyclic) bond motifs is 1. The fourth-order valence-electron chi connectivity index (χ4n) is 3.38. The molecule has 1 atom stereocenters. The second kappa shape index (κ2) is 8.78. The lowest BCUT2D eigenvalue weighted by atomic mass is 9.86. The highest BCUT2D eigenvalue weighted by atomic mass is 16.7. The van der Waals surface area contributed by atoms with Crippen LogP contribution < -0.4 is 25.8 Å². The van der Waals surface area contributed by atoms with Gasteiger partial charge in [-0.25, -0.2) is 0 Å². The van der Waals surface area contributed by atoms with Crippen LogP contribution in [0.15, 0.2) is 18.2 Å². The molecule has 2 aliphatic rings. The maximum Gasteiger partial charge on any atom is 0.241 e. The number of rotatable bonds is 8. The van der Waals surface area contributed by atoms with Gasteiger partial charge in [-0.3, -0.25) is 9.59 Å². The van der Waals surface area contributed by atoms with Gasteiger partial charge in [0, 0.05) is 24.7 Å². The number of amides is 2. The molecule has 26 heavy (non-hydrogen) atoms. The second-order valence-corrected chi connectivity index (χ2v) is 6.86. The fraction of sp³-hybridized carbons (Fsp3) is 0.526. The minimum Gasteiger partial charge on any atom is -0.454 e. The second-order valence-electron chi connectivity index (χ2n) is 6.86. The van der Waals surface area contributed by atoms with Crippen LogP contribution in [0, 0.1) is 12.3 Å². The molecule has 1 radical (unpaired) electrons. The van der Waals surface area contributed by atoms with Crippen molar-refractivity contribution >= 4 is 17.5 Å². The molecule has 1 aromatic carbocycles. The lowest BCUT2D eigenvalue weighted by Gasteiger charge is -2.21. The summed E-state index contributed by atoms with van der Waals surface area (Å²) in [4.78, 5) is 23.8. The van der Waals surface area contributed by atoms with Crippen molar-refractivity contribution in [1.29, 1.82) is 0 Å². The van der Waals surface area contributed by atoms with Gasteiger partial charge in [-0.2, -0.15) is 0 Å². The van der Waals surface area contributed by atoms with Crippen molar-refractivity contribution in [2.24, 2.45) is 11.7 Å². The van der Waals surface area contributed by atoms with E-state index in [0.29, 0.717) is 17.4 Å². The predicted molar refractivity (Wildman–Crippen MR) is 97.7 cm³/mol. The van der Waals surface area contributed by atoms with Gasteiger partial charge in [0.2, 0.25) is 18.6 Å². The number of carbonyl (C=O) groups is 2. The average molecular weight is 360 g/mol. The number of anilines is 1. The maximum atomic E-state index is 12.1. The van der Waals surface area contributed by atoms with Crippen LogP contribution >= 0.6 is 0 Å². The molecular weight excluding hydrogens is 334 g/mol. The lowest BCUT2D eigenvalue weighted by Crippen LogP contribution is -2.48. The Hall–Kier alpha value is -2.44. The van der Waals surface area contributed by atoms with Crippen LogP contribution in [0.5, 0.6) is 11.5 Å². The number of benzene rings is 1. The first-order valence-electron chi connectivity index (χ1n) is 9.18. The Kier molecular flexibility index (Phi) is 6.20. The van der Waals surface area contributed by atoms with Crippen LogP contribution in [0.25, 0.3) is 0 Å². The van der Waals surface area contributed by atoms with E-state index in [1.807, 2.05) is 6.07 Å². The zero-order chi connectivity index (χ0) is 18.4. The van der Waals surface area contributed by atoms with Crippen LogP contribution in [0.4, 0.5) is 5.69 Å². The summed E-state index contributed by atoms with van der Waals surface area (Å²) in [5.74, 6) is 1.10. The maximum absolute atomic E-state index is 12.1. The molecule has 3 rings (SSSR count). The van der Waals surface area contributed by atoms with Crippen molar-refractivity contribution in [3.05, 3.63) is 24.6 Å². The van der Waals surface area contributed by atoms with E-state index in [0.717, 1.165) is 12.1 Å². The van der Waals surface area contributed by atoms with E-state index < -0.39 is 11.9 Å². The SMILES string of the molecule is NC(=O)[C@H](CNc1ccc2c(c1)OCO2)NC(=O)[CH]CC1CCCCC1. The molecule has 0 aromatic heterocycles. The molecule has 1 heterocycles. The quantitative estimate of drug-likeness (QED) is 0.658. The number of primary amides is 1. The molecule has 0 bridgehead atoms. The van der Waals surface area contributed by atoms with Crippen molar-refractivity contribution in [2.75, 3.05) is 18.7 Å². The molecule has 0 saturated heterocycles. The monoisotopic (exact) mass is 360 g/mol. The number of ether oxygens (including phenoxy) is 2. The molecular formula is C19H26N3O4. The van der Waals surface area contributed by atoms with E-state index >= 15 is 0 Å². The predicted octanol–water partition coefficient (Wildman–Crippen LogP) is 1.97. The van der Waals surface area contributed by atoms with E-state index in [-0.39, 0.29) is 19.2 Å². The molecule has 1 saturated carbocycles. The van der Waals surface area contributed by atoms with Gasteiger partial charge in [0.15, 0.2) is 11.5 Å². The van der Waals surface area contributed by atoms with Gasteiger partial charge in [0.1, 0.15) is 6.04 Å². The first-order valence-corrected chi connectivity index (χ1v) is 9.18. The summed E-state index contributed by atoms with van der Waals surface area (Å²) in [6.45, 7) is 0.410. The average Bonchev–Trinajstić information content (AvgIpc) is 3.12. The van der Waals surface area contributed by atoms with Crippen LogP contribution in [0.3, 0.4) is 0 Å². The van der Waals surface area contributed by atoms with E-state index in [1.54, 1.807) is 18.6 Å². The van der Waals surface area contributed by atoms with Crippen LogP contribution in [0.2, 0.25) is 0 Å². The summed E-state index contributed by atoms with van der Waals surface area (Å²) in [6, 6.07) is 4.62. The zero-order valence-corrected chi connectivity index (χ0v) is 14.8. The molecule has 1 aromatic rings. The summed E-state index contributed by atoms with van der Waals surface area (Å²) in [5.41, 5.74) is 6.19. The van der Waals surface area contributed by atoms with Gasteiger partial charge in [-0.15, -0.1) is 0 Å². The highest BCUT2D eigenvalue weighted by Crippen LogP contribution is 2.34. The summed E-state index contributed by atoms with van der Waals surface area (Å²) in [7, 11) is 0. The standard InChI is InChI=1S/C19H26N3O4/c20-19(24)15(22-18(23)9-6-13-4-2-1-3-5-13)11-21-14-7-8-16-17(10-14)26-12-25-16/h7-10,13,15,21H,1-6,11-12H2,(H2,20,24)(H,22,23)/t15-/m0/s1. The highest BCUT2D eigenvalue weighted by molar-refractivity contribution is 5.91. The lowest BCUT2D eigenvalue weighted by molar-refractivity contribution is -0.125. The summed E-state index contributed by atoms with van der Waals surface area (Å²) in [6.07, 6.45) is 8.52.